The molecular formula is C10H3Cl2F9O4S2. The van der Waals surface area contributed by atoms with Crippen LogP contribution in [0, 0.1) is 0 Å². The van der Waals surface area contributed by atoms with E-state index >= 15 is 0 Å². The number of hydrogen-bond donors (Lipinski definition) is 0. The monoisotopic (exact) mass is 492 g/mol. The molecule has 4 nitrogen and oxygen atoms in total. The van der Waals surface area contributed by atoms with Crippen molar-refractivity contribution in [3.05, 3.63) is 28.2 Å². The minimum absolute atomic E-state index is 0.507. The lowest BCUT2D eigenvalue weighted by molar-refractivity contribution is -0.326. The average molecular weight is 493 g/mol. The molecule has 27 heavy (non-hydrogen) atoms. The molecule has 1 aromatic rings. The minimum atomic E-state index is -7.87. The molecule has 0 saturated carbocycles. The van der Waals surface area contributed by atoms with E-state index in [-0.39, 0.29) is 0 Å². The molecule has 0 aliphatic rings. The number of halogens is 11. The van der Waals surface area contributed by atoms with Crippen molar-refractivity contribution in [3.8, 4) is 0 Å². The van der Waals surface area contributed by atoms with Crippen LogP contribution in [0.5, 0.6) is 0 Å². The van der Waals surface area contributed by atoms with Crippen LogP contribution in [0.3, 0.4) is 0 Å². The molecule has 0 radical (unpaired) electrons. The summed E-state index contributed by atoms with van der Waals surface area (Å²) in [6, 6.07) is 1.85. The van der Waals surface area contributed by atoms with E-state index in [1.54, 1.807) is 0 Å². The summed E-state index contributed by atoms with van der Waals surface area (Å²) in [6.45, 7) is 0. The predicted octanol–water partition coefficient (Wildman–Crippen LogP) is 4.52. The van der Waals surface area contributed by atoms with Crippen LogP contribution in [-0.4, -0.2) is 39.2 Å². The van der Waals surface area contributed by atoms with E-state index in [0.29, 0.717) is 12.1 Å². The normalized spacial score (nSPS) is 15.1. The van der Waals surface area contributed by atoms with Gasteiger partial charge >= 0.3 is 32.6 Å². The molecule has 0 unspecified atom stereocenters. The summed E-state index contributed by atoms with van der Waals surface area (Å²) >= 11 is 10.4. The van der Waals surface area contributed by atoms with Crippen molar-refractivity contribution >= 4 is 43.3 Å². The van der Waals surface area contributed by atoms with E-state index in [9.17, 15) is 55.8 Å². The Morgan fingerprint density at radius 1 is 0.704 bits per heavy atom. The molecule has 0 aliphatic heterocycles. The van der Waals surface area contributed by atoms with Gasteiger partial charge in [0.05, 0.1) is 10.0 Å². The van der Waals surface area contributed by atoms with Gasteiger partial charge in [0.2, 0.25) is 0 Å². The second-order valence-corrected chi connectivity index (χ2v) is 8.81. The van der Waals surface area contributed by atoms with Crippen molar-refractivity contribution < 1.29 is 55.8 Å². The van der Waals surface area contributed by atoms with Gasteiger partial charge in [-0.15, -0.1) is 0 Å². The Balaban J connectivity index is 3.80. The number of benzene rings is 1. The highest BCUT2D eigenvalue weighted by molar-refractivity contribution is 7.92. The molecule has 1 rings (SSSR count). The summed E-state index contributed by atoms with van der Waals surface area (Å²) in [7, 11) is -14.9. The van der Waals surface area contributed by atoms with Crippen molar-refractivity contribution in [1.29, 1.82) is 0 Å². The third-order valence-corrected chi connectivity index (χ3v) is 6.59. The first-order valence-electron chi connectivity index (χ1n) is 5.82. The Morgan fingerprint density at radius 2 is 1.04 bits per heavy atom. The van der Waals surface area contributed by atoms with Crippen LogP contribution in [-0.2, 0) is 20.1 Å². The summed E-state index contributed by atoms with van der Waals surface area (Å²) < 4.78 is 163. The fraction of sp³-hybridized carbons (Fsp3) is 0.400. The molecule has 0 aromatic heterocycles. The summed E-state index contributed by atoms with van der Waals surface area (Å²) in [5.41, 5.74) is 0. The topological polar surface area (TPSA) is 68.3 Å². The molecule has 0 fully saturated rings. The van der Waals surface area contributed by atoms with Gasteiger partial charge in [-0.3, -0.25) is 0 Å². The number of alkyl halides is 8. The second-order valence-electron chi connectivity index (χ2n) is 4.67. The third-order valence-electron chi connectivity index (χ3n) is 2.96. The maximum atomic E-state index is 13.9. The van der Waals surface area contributed by atoms with Gasteiger partial charge in [0.25, 0.3) is 9.84 Å². The van der Waals surface area contributed by atoms with Gasteiger partial charge in [-0.25, -0.2) is 8.42 Å². The minimum Gasteiger partial charge on any atom is -0.217 e. The van der Waals surface area contributed by atoms with Crippen LogP contribution in [0.4, 0.5) is 39.0 Å². The Morgan fingerprint density at radius 3 is 1.37 bits per heavy atom. The van der Waals surface area contributed by atoms with E-state index in [0.717, 1.165) is 6.07 Å². The second kappa shape index (κ2) is 6.56. The zero-order valence-electron chi connectivity index (χ0n) is 11.8. The quantitative estimate of drug-likeness (QED) is 0.432. The van der Waals surface area contributed by atoms with Gasteiger partial charge in [0, 0.05) is 0 Å². The van der Waals surface area contributed by atoms with Gasteiger partial charge in [-0.1, -0.05) is 33.2 Å². The molecule has 0 heterocycles. The molecule has 0 amide bonds. The van der Waals surface area contributed by atoms with Crippen LogP contribution < -0.4 is 0 Å². The molecular weight excluding hydrogens is 490 g/mol. The average Bonchev–Trinajstić information content (AvgIpc) is 2.44. The maximum Gasteiger partial charge on any atom is 0.442 e. The van der Waals surface area contributed by atoms with Crippen LogP contribution in [0.25, 0.3) is 0 Å². The van der Waals surface area contributed by atoms with Crippen molar-refractivity contribution in [2.24, 2.45) is 0 Å². The highest BCUT2D eigenvalue weighted by atomic mass is 35.5. The fourth-order valence-electron chi connectivity index (χ4n) is 1.55. The molecule has 17 heteroatoms. The van der Waals surface area contributed by atoms with E-state index < -0.39 is 57.4 Å². The lowest BCUT2D eigenvalue weighted by Gasteiger charge is -2.34. The smallest absolute Gasteiger partial charge is 0.217 e. The van der Waals surface area contributed by atoms with Crippen LogP contribution >= 0.6 is 23.2 Å². The van der Waals surface area contributed by atoms with Crippen molar-refractivity contribution in [3.63, 3.8) is 0 Å². The van der Waals surface area contributed by atoms with Crippen molar-refractivity contribution in [2.45, 2.75) is 27.2 Å². The SMILES string of the molecule is O=S(=O)(F)C(F)(F)C(F)(F)C(F)(F)C(F)(F)S(=O)(=O)c1c(Cl)cccc1Cl. The first-order valence-corrected chi connectivity index (χ1v) is 9.44. The molecule has 156 valence electrons. The largest absolute Gasteiger partial charge is 0.442 e. The van der Waals surface area contributed by atoms with E-state index in [2.05, 4.69) is 0 Å². The third kappa shape index (κ3) is 3.25. The zero-order valence-corrected chi connectivity index (χ0v) is 15.0. The first kappa shape index (κ1) is 24.1. The molecule has 1 aromatic carbocycles. The van der Waals surface area contributed by atoms with Crippen LogP contribution in [0.2, 0.25) is 10.0 Å². The summed E-state index contributed by atoms with van der Waals surface area (Å²) in [4.78, 5) is -2.03. The van der Waals surface area contributed by atoms with E-state index in [1.807, 2.05) is 0 Å². The van der Waals surface area contributed by atoms with E-state index in [1.165, 1.54) is 0 Å². The Labute approximate surface area is 155 Å². The predicted molar refractivity (Wildman–Crippen MR) is 73.5 cm³/mol. The molecule has 0 atom stereocenters. The molecule has 0 N–H and O–H groups in total. The number of sulfone groups is 1. The standard InChI is InChI=1S/C10H3Cl2F9O4S2/c11-4-2-1-3-5(12)6(4)26(22,23)9(17,18)7(13,14)8(15,16)10(19,20)27(21,24)25/h1-3H. The van der Waals surface area contributed by atoms with Crippen molar-refractivity contribution in [2.75, 3.05) is 0 Å². The molecule has 0 saturated heterocycles. The fourth-order valence-corrected chi connectivity index (χ4v) is 4.37. The van der Waals surface area contributed by atoms with Gasteiger partial charge in [-0.2, -0.15) is 43.5 Å². The molecule has 0 bridgehead atoms. The van der Waals surface area contributed by atoms with Crippen LogP contribution in [0.15, 0.2) is 23.1 Å². The molecule has 0 spiro atoms. The van der Waals surface area contributed by atoms with Crippen LogP contribution in [0.1, 0.15) is 0 Å². The van der Waals surface area contributed by atoms with Gasteiger partial charge in [0.15, 0.2) is 0 Å². The van der Waals surface area contributed by atoms with Gasteiger partial charge < -0.3 is 0 Å². The number of hydrogen-bond acceptors (Lipinski definition) is 4. The zero-order chi connectivity index (χ0) is 21.9. The summed E-state index contributed by atoms with van der Waals surface area (Å²) in [6.07, 6.45) is 0. The van der Waals surface area contributed by atoms with Gasteiger partial charge in [0.1, 0.15) is 4.90 Å². The first-order chi connectivity index (χ1) is 11.7. The molecule has 0 aliphatic carbocycles. The highest BCUT2D eigenvalue weighted by Crippen LogP contribution is 2.57. The lowest BCUT2D eigenvalue weighted by Crippen LogP contribution is -2.65. The number of rotatable bonds is 6. The highest BCUT2D eigenvalue weighted by Gasteiger charge is 2.87. The Kier molecular flexibility index (Phi) is 5.85. The van der Waals surface area contributed by atoms with Gasteiger partial charge in [-0.05, 0) is 12.1 Å². The summed E-state index contributed by atoms with van der Waals surface area (Å²) in [5, 5.41) is -17.1. The Hall–Kier alpha value is -0.930. The maximum absolute atomic E-state index is 13.9. The summed E-state index contributed by atoms with van der Waals surface area (Å²) in [5.74, 6) is -15.3. The Bertz CT molecular complexity index is 941. The van der Waals surface area contributed by atoms with Crippen molar-refractivity contribution in [1.82, 2.24) is 0 Å². The lowest BCUT2D eigenvalue weighted by atomic mass is 10.2. The van der Waals surface area contributed by atoms with E-state index in [4.69, 9.17) is 23.2 Å².